The van der Waals surface area contributed by atoms with E-state index in [-0.39, 0.29) is 11.6 Å². The lowest BCUT2D eigenvalue weighted by molar-refractivity contribution is -0.119. The minimum Gasteiger partial charge on any atom is -0.353 e. The third-order valence-corrected chi connectivity index (χ3v) is 4.49. The molecule has 1 fully saturated rings. The number of carbonyl (C=O) groups is 1. The third kappa shape index (κ3) is 4.13. The Bertz CT molecular complexity index is 491. The molecular weight excluding hydrogens is 276 g/mol. The van der Waals surface area contributed by atoms with Crippen LogP contribution in [0.1, 0.15) is 45.4 Å². The van der Waals surface area contributed by atoms with Crippen LogP contribution in [0.3, 0.4) is 0 Å². The number of nitrogens with one attached hydrogen (secondary N) is 2. The summed E-state index contributed by atoms with van der Waals surface area (Å²) in [5.74, 6) is 0.340. The molecule has 1 aromatic heterocycles. The minimum absolute atomic E-state index is 0.0272. The first-order valence-corrected chi connectivity index (χ1v) is 8.26. The fraction of sp³-hybridized carbons (Fsp3) is 0.769. The number of hydrogen-bond donors (Lipinski definition) is 2. The van der Waals surface area contributed by atoms with E-state index in [4.69, 9.17) is 0 Å². The van der Waals surface area contributed by atoms with Gasteiger partial charge in [-0.15, -0.1) is 5.10 Å². The molecule has 0 unspecified atom stereocenters. The van der Waals surface area contributed by atoms with Crippen LogP contribution in [0.4, 0.5) is 0 Å². The van der Waals surface area contributed by atoms with Crippen LogP contribution in [0.2, 0.25) is 0 Å². The fourth-order valence-corrected chi connectivity index (χ4v) is 3.18. The highest BCUT2D eigenvalue weighted by Crippen LogP contribution is 2.18. The van der Waals surface area contributed by atoms with E-state index in [0.29, 0.717) is 23.5 Å². The van der Waals surface area contributed by atoms with E-state index < -0.39 is 0 Å². The molecule has 0 atom stereocenters. The lowest BCUT2D eigenvalue weighted by Gasteiger charge is -2.11. The fourth-order valence-electron chi connectivity index (χ4n) is 2.40. The van der Waals surface area contributed by atoms with Gasteiger partial charge >= 0.3 is 5.69 Å². The Labute approximate surface area is 122 Å². The molecule has 0 aliphatic heterocycles. The molecule has 0 bridgehead atoms. The average molecular weight is 298 g/mol. The maximum atomic E-state index is 11.8. The zero-order chi connectivity index (χ0) is 14.4. The zero-order valence-electron chi connectivity index (χ0n) is 11.9. The van der Waals surface area contributed by atoms with Gasteiger partial charge in [-0.1, -0.05) is 37.9 Å². The molecular formula is C13H22N4O2S. The van der Waals surface area contributed by atoms with Gasteiger partial charge in [0.1, 0.15) is 0 Å². The predicted molar refractivity (Wildman–Crippen MR) is 78.9 cm³/mol. The summed E-state index contributed by atoms with van der Waals surface area (Å²) in [6.07, 6.45) is 6.52. The van der Waals surface area contributed by atoms with E-state index in [1.165, 1.54) is 24.6 Å². The molecule has 7 heteroatoms. The molecule has 20 heavy (non-hydrogen) atoms. The summed E-state index contributed by atoms with van der Waals surface area (Å²) in [6.45, 7) is 2.73. The first-order chi connectivity index (χ1) is 9.70. The third-order valence-electron chi connectivity index (χ3n) is 3.51. The number of carbonyl (C=O) groups excluding carboxylic acids is 1. The highest BCUT2D eigenvalue weighted by molar-refractivity contribution is 7.99. The molecule has 2 N–H and O–H groups in total. The summed E-state index contributed by atoms with van der Waals surface area (Å²) >= 11 is 1.32. The van der Waals surface area contributed by atoms with Crippen molar-refractivity contribution < 1.29 is 4.79 Å². The maximum Gasteiger partial charge on any atom is 0.343 e. The topological polar surface area (TPSA) is 79.8 Å². The summed E-state index contributed by atoms with van der Waals surface area (Å²) in [4.78, 5) is 23.4. The molecule has 1 heterocycles. The summed E-state index contributed by atoms with van der Waals surface area (Å²) in [5.41, 5.74) is -0.197. The number of thioether (sulfide) groups is 1. The second-order valence-corrected chi connectivity index (χ2v) is 6.10. The van der Waals surface area contributed by atoms with Crippen molar-refractivity contribution in [3.05, 3.63) is 10.5 Å². The van der Waals surface area contributed by atoms with Gasteiger partial charge < -0.3 is 5.32 Å². The number of nitrogens with zero attached hydrogens (tertiary/aromatic N) is 2. The van der Waals surface area contributed by atoms with Gasteiger partial charge in [-0.2, -0.15) is 0 Å². The van der Waals surface area contributed by atoms with Crippen molar-refractivity contribution in [2.45, 2.75) is 63.2 Å². The summed E-state index contributed by atoms with van der Waals surface area (Å²) in [6, 6.07) is 0.338. The Kier molecular flexibility index (Phi) is 5.70. The molecule has 112 valence electrons. The van der Waals surface area contributed by atoms with Crippen molar-refractivity contribution >= 4 is 17.7 Å². The Balaban J connectivity index is 1.83. The van der Waals surface area contributed by atoms with Crippen molar-refractivity contribution in [1.82, 2.24) is 20.1 Å². The molecule has 1 aromatic rings. The number of amides is 1. The predicted octanol–water partition coefficient (Wildman–Crippen LogP) is 1.52. The van der Waals surface area contributed by atoms with E-state index >= 15 is 0 Å². The molecule has 0 radical (unpaired) electrons. The quantitative estimate of drug-likeness (QED) is 0.748. The Hall–Kier alpha value is -1.24. The summed E-state index contributed by atoms with van der Waals surface area (Å²) in [7, 11) is 0. The highest BCUT2D eigenvalue weighted by Gasteiger charge is 2.18. The van der Waals surface area contributed by atoms with Crippen LogP contribution in [0.25, 0.3) is 0 Å². The van der Waals surface area contributed by atoms with E-state index in [9.17, 15) is 9.59 Å². The first-order valence-electron chi connectivity index (χ1n) is 7.28. The van der Waals surface area contributed by atoms with Gasteiger partial charge in [0.05, 0.1) is 5.75 Å². The molecule has 2 rings (SSSR count). The molecule has 1 saturated carbocycles. The van der Waals surface area contributed by atoms with Crippen LogP contribution in [-0.4, -0.2) is 32.5 Å². The second-order valence-electron chi connectivity index (χ2n) is 5.15. The van der Waals surface area contributed by atoms with Gasteiger partial charge in [0.25, 0.3) is 0 Å². The van der Waals surface area contributed by atoms with Gasteiger partial charge in [0, 0.05) is 12.6 Å². The van der Waals surface area contributed by atoms with Crippen LogP contribution < -0.4 is 11.0 Å². The van der Waals surface area contributed by atoms with Crippen molar-refractivity contribution in [2.75, 3.05) is 5.75 Å². The Morgan fingerprint density at radius 2 is 2.25 bits per heavy atom. The minimum atomic E-state index is -0.197. The molecule has 1 aliphatic carbocycles. The number of H-pyrrole nitrogens is 1. The van der Waals surface area contributed by atoms with Crippen LogP contribution in [0, 0.1) is 0 Å². The molecule has 0 aromatic carbocycles. The molecule has 6 nitrogen and oxygen atoms in total. The number of aromatic nitrogens is 3. The lowest BCUT2D eigenvalue weighted by Crippen LogP contribution is -2.34. The van der Waals surface area contributed by atoms with Crippen molar-refractivity contribution in [3.63, 3.8) is 0 Å². The molecule has 1 aliphatic rings. The van der Waals surface area contributed by atoms with Gasteiger partial charge in [0.2, 0.25) is 5.91 Å². The summed E-state index contributed by atoms with van der Waals surface area (Å²) in [5, 5.41) is 10.1. The second kappa shape index (κ2) is 7.52. The normalized spacial score (nSPS) is 15.7. The largest absolute Gasteiger partial charge is 0.353 e. The maximum absolute atomic E-state index is 11.8. The number of unbranched alkanes of at least 4 members (excludes halogenated alkanes) is 1. The SMILES string of the molecule is CCCCn1c(SCC(=O)NC2CCCC2)n[nH]c1=O. The molecule has 1 amide bonds. The molecule has 0 spiro atoms. The van der Waals surface area contributed by atoms with Gasteiger partial charge in [-0.05, 0) is 19.3 Å². The smallest absolute Gasteiger partial charge is 0.343 e. The van der Waals surface area contributed by atoms with Crippen LogP contribution in [0.5, 0.6) is 0 Å². The van der Waals surface area contributed by atoms with Gasteiger partial charge in [-0.3, -0.25) is 9.36 Å². The van der Waals surface area contributed by atoms with Crippen molar-refractivity contribution in [3.8, 4) is 0 Å². The first kappa shape index (κ1) is 15.2. The number of hydrogen-bond acceptors (Lipinski definition) is 4. The van der Waals surface area contributed by atoms with Gasteiger partial charge in [-0.25, -0.2) is 9.89 Å². The van der Waals surface area contributed by atoms with Gasteiger partial charge in [0.15, 0.2) is 5.16 Å². The van der Waals surface area contributed by atoms with E-state index in [2.05, 4.69) is 22.4 Å². The Morgan fingerprint density at radius 3 is 2.95 bits per heavy atom. The number of aromatic amines is 1. The van der Waals surface area contributed by atoms with E-state index in [0.717, 1.165) is 25.7 Å². The monoisotopic (exact) mass is 298 g/mol. The van der Waals surface area contributed by atoms with Crippen LogP contribution in [-0.2, 0) is 11.3 Å². The highest BCUT2D eigenvalue weighted by atomic mass is 32.2. The van der Waals surface area contributed by atoms with Crippen LogP contribution >= 0.6 is 11.8 Å². The van der Waals surface area contributed by atoms with Crippen molar-refractivity contribution in [2.24, 2.45) is 0 Å². The lowest BCUT2D eigenvalue weighted by atomic mass is 10.2. The van der Waals surface area contributed by atoms with Crippen LogP contribution in [0.15, 0.2) is 9.95 Å². The van der Waals surface area contributed by atoms with Crippen molar-refractivity contribution in [1.29, 1.82) is 0 Å². The molecule has 0 saturated heterocycles. The summed E-state index contributed by atoms with van der Waals surface area (Å²) < 4.78 is 1.61. The average Bonchev–Trinajstić information content (AvgIpc) is 3.04. The standard InChI is InChI=1S/C13H22N4O2S/c1-2-3-8-17-12(19)15-16-13(17)20-9-11(18)14-10-6-4-5-7-10/h10H,2-9H2,1H3,(H,14,18)(H,15,19). The van der Waals surface area contributed by atoms with E-state index in [1.54, 1.807) is 4.57 Å². The van der Waals surface area contributed by atoms with E-state index in [1.807, 2.05) is 0 Å². The zero-order valence-corrected chi connectivity index (χ0v) is 12.7. The number of rotatable bonds is 7. The Morgan fingerprint density at radius 1 is 1.50 bits per heavy atom.